The molecule has 3 N–H and O–H groups in total. The lowest BCUT2D eigenvalue weighted by atomic mass is 9.91. The summed E-state index contributed by atoms with van der Waals surface area (Å²) in [6.45, 7) is 2.65. The van der Waals surface area contributed by atoms with Crippen molar-refractivity contribution in [3.05, 3.63) is 0 Å². The highest BCUT2D eigenvalue weighted by Crippen LogP contribution is 2.20. The fourth-order valence-electron chi connectivity index (χ4n) is 2.79. The molecule has 0 unspecified atom stereocenters. The molecule has 1 saturated heterocycles. The summed E-state index contributed by atoms with van der Waals surface area (Å²) in [5, 5.41) is 3.69. The van der Waals surface area contributed by atoms with Gasteiger partial charge in [-0.05, 0) is 25.7 Å². The van der Waals surface area contributed by atoms with E-state index >= 15 is 0 Å². The van der Waals surface area contributed by atoms with Crippen LogP contribution in [0.5, 0.6) is 0 Å². The lowest BCUT2D eigenvalue weighted by Gasteiger charge is -2.35. The molecule has 0 radical (unpaired) electrons. The summed E-state index contributed by atoms with van der Waals surface area (Å²) in [4.78, 5) is 0. The largest absolute Gasteiger partial charge is 0.381 e. The number of nitrogens with one attached hydrogen (secondary N) is 1. The number of ether oxygens (including phenoxy) is 1. The molecule has 2 rings (SSSR count). The molecule has 2 aliphatic rings. The summed E-state index contributed by atoms with van der Waals surface area (Å²) in [6.07, 6.45) is 10.3. The van der Waals surface area contributed by atoms with Gasteiger partial charge in [0.2, 0.25) is 0 Å². The van der Waals surface area contributed by atoms with E-state index in [2.05, 4.69) is 5.32 Å². The van der Waals surface area contributed by atoms with Gasteiger partial charge in [0, 0.05) is 31.3 Å². The van der Waals surface area contributed by atoms with Crippen molar-refractivity contribution in [3.63, 3.8) is 0 Å². The third kappa shape index (κ3) is 3.72. The van der Waals surface area contributed by atoms with E-state index < -0.39 is 0 Å². The van der Waals surface area contributed by atoms with E-state index in [1.807, 2.05) is 0 Å². The predicted octanol–water partition coefficient (Wildman–Crippen LogP) is 1.81. The van der Waals surface area contributed by atoms with E-state index in [0.717, 1.165) is 32.6 Å². The van der Waals surface area contributed by atoms with Crippen LogP contribution in [0, 0.1) is 0 Å². The van der Waals surface area contributed by atoms with E-state index in [4.69, 9.17) is 10.5 Å². The Labute approximate surface area is 99.1 Å². The number of nitrogens with two attached hydrogens (primary N) is 1. The normalized spacial score (nSPS) is 27.6. The van der Waals surface area contributed by atoms with Crippen molar-refractivity contribution in [1.82, 2.24) is 5.32 Å². The first-order valence-electron chi connectivity index (χ1n) is 6.89. The molecular weight excluding hydrogens is 200 g/mol. The van der Waals surface area contributed by atoms with Crippen LogP contribution >= 0.6 is 0 Å². The topological polar surface area (TPSA) is 47.3 Å². The number of hydrogen-bond donors (Lipinski definition) is 2. The second-order valence-corrected chi connectivity index (χ2v) is 5.54. The van der Waals surface area contributed by atoms with E-state index in [1.165, 1.54) is 38.5 Å². The van der Waals surface area contributed by atoms with Gasteiger partial charge in [-0.2, -0.15) is 0 Å². The zero-order valence-corrected chi connectivity index (χ0v) is 10.3. The van der Waals surface area contributed by atoms with E-state index in [-0.39, 0.29) is 5.54 Å². The van der Waals surface area contributed by atoms with Crippen molar-refractivity contribution in [1.29, 1.82) is 0 Å². The zero-order valence-electron chi connectivity index (χ0n) is 10.3. The first kappa shape index (κ1) is 12.3. The van der Waals surface area contributed by atoms with Crippen LogP contribution < -0.4 is 11.1 Å². The molecule has 1 heterocycles. The fraction of sp³-hybridized carbons (Fsp3) is 1.00. The Balaban J connectivity index is 1.72. The molecule has 1 aliphatic heterocycles. The van der Waals surface area contributed by atoms with E-state index in [9.17, 15) is 0 Å². The standard InChI is InChI=1S/C13H26N2O/c14-13(7-9-16-10-8-13)11-15-12-5-3-1-2-4-6-12/h12,15H,1-11,14H2. The van der Waals surface area contributed by atoms with Crippen LogP contribution in [0.3, 0.4) is 0 Å². The van der Waals surface area contributed by atoms with Gasteiger partial charge in [-0.3, -0.25) is 0 Å². The molecule has 0 atom stereocenters. The average Bonchev–Trinajstić information content (AvgIpc) is 2.56. The molecule has 0 aromatic rings. The summed E-state index contributed by atoms with van der Waals surface area (Å²) in [5.41, 5.74) is 6.36. The number of hydrogen-bond acceptors (Lipinski definition) is 3. The molecule has 1 saturated carbocycles. The van der Waals surface area contributed by atoms with Gasteiger partial charge in [0.05, 0.1) is 0 Å². The van der Waals surface area contributed by atoms with Gasteiger partial charge in [0.25, 0.3) is 0 Å². The zero-order chi connectivity index (χ0) is 11.3. The Bertz CT molecular complexity index is 194. The van der Waals surface area contributed by atoms with Crippen molar-refractivity contribution in [3.8, 4) is 0 Å². The minimum atomic E-state index is -0.00937. The minimum Gasteiger partial charge on any atom is -0.381 e. The molecule has 0 amide bonds. The highest BCUT2D eigenvalue weighted by atomic mass is 16.5. The van der Waals surface area contributed by atoms with Crippen molar-refractivity contribution >= 4 is 0 Å². The maximum absolute atomic E-state index is 6.37. The van der Waals surface area contributed by atoms with Crippen LogP contribution in [0.4, 0.5) is 0 Å². The molecule has 0 aromatic carbocycles. The van der Waals surface area contributed by atoms with Gasteiger partial charge in [-0.1, -0.05) is 25.7 Å². The van der Waals surface area contributed by atoms with Gasteiger partial charge >= 0.3 is 0 Å². The first-order chi connectivity index (χ1) is 7.79. The van der Waals surface area contributed by atoms with E-state index in [0.29, 0.717) is 6.04 Å². The molecule has 94 valence electrons. The smallest absolute Gasteiger partial charge is 0.0484 e. The highest BCUT2D eigenvalue weighted by molar-refractivity contribution is 4.89. The Morgan fingerprint density at radius 1 is 1.06 bits per heavy atom. The quantitative estimate of drug-likeness (QED) is 0.722. The summed E-state index contributed by atoms with van der Waals surface area (Å²) in [7, 11) is 0. The van der Waals surface area contributed by atoms with Gasteiger partial charge in [0.1, 0.15) is 0 Å². The third-order valence-electron chi connectivity index (χ3n) is 4.09. The second-order valence-electron chi connectivity index (χ2n) is 5.54. The molecule has 0 aromatic heterocycles. The average molecular weight is 226 g/mol. The van der Waals surface area contributed by atoms with Crippen LogP contribution in [0.15, 0.2) is 0 Å². The predicted molar refractivity (Wildman–Crippen MR) is 66.5 cm³/mol. The van der Waals surface area contributed by atoms with Gasteiger partial charge in [-0.25, -0.2) is 0 Å². The lowest BCUT2D eigenvalue weighted by Crippen LogP contribution is -2.54. The first-order valence-corrected chi connectivity index (χ1v) is 6.89. The second kappa shape index (κ2) is 5.99. The summed E-state index contributed by atoms with van der Waals surface area (Å²) in [6, 6.07) is 0.714. The van der Waals surface area contributed by atoms with Crippen molar-refractivity contribution in [2.24, 2.45) is 5.73 Å². The van der Waals surface area contributed by atoms with Gasteiger partial charge in [0.15, 0.2) is 0 Å². The highest BCUT2D eigenvalue weighted by Gasteiger charge is 2.28. The molecular formula is C13H26N2O. The van der Waals surface area contributed by atoms with E-state index in [1.54, 1.807) is 0 Å². The molecule has 3 heteroatoms. The van der Waals surface area contributed by atoms with Gasteiger partial charge < -0.3 is 15.8 Å². The van der Waals surface area contributed by atoms with Crippen LogP contribution in [0.1, 0.15) is 51.4 Å². The van der Waals surface area contributed by atoms with Crippen molar-refractivity contribution in [2.75, 3.05) is 19.8 Å². The summed E-state index contributed by atoms with van der Waals surface area (Å²) in [5.74, 6) is 0. The SMILES string of the molecule is NC1(CNC2CCCCCC2)CCOCC1. The van der Waals surface area contributed by atoms with Crippen molar-refractivity contribution < 1.29 is 4.74 Å². The lowest BCUT2D eigenvalue weighted by molar-refractivity contribution is 0.0520. The molecule has 3 nitrogen and oxygen atoms in total. The Hall–Kier alpha value is -0.120. The molecule has 0 bridgehead atoms. The third-order valence-corrected chi connectivity index (χ3v) is 4.09. The maximum Gasteiger partial charge on any atom is 0.0484 e. The minimum absolute atomic E-state index is 0.00937. The maximum atomic E-state index is 6.37. The van der Waals surface area contributed by atoms with Gasteiger partial charge in [-0.15, -0.1) is 0 Å². The van der Waals surface area contributed by atoms with Crippen LogP contribution in [-0.4, -0.2) is 31.3 Å². The molecule has 1 aliphatic carbocycles. The van der Waals surface area contributed by atoms with Crippen LogP contribution in [-0.2, 0) is 4.74 Å². The Morgan fingerprint density at radius 2 is 1.69 bits per heavy atom. The van der Waals surface area contributed by atoms with Crippen LogP contribution in [0.2, 0.25) is 0 Å². The monoisotopic (exact) mass is 226 g/mol. The summed E-state index contributed by atoms with van der Waals surface area (Å²) < 4.78 is 5.37. The molecule has 16 heavy (non-hydrogen) atoms. The fourth-order valence-corrected chi connectivity index (χ4v) is 2.79. The molecule has 0 spiro atoms. The Kier molecular flexibility index (Phi) is 4.62. The number of rotatable bonds is 3. The Morgan fingerprint density at radius 3 is 2.31 bits per heavy atom. The summed E-state index contributed by atoms with van der Waals surface area (Å²) >= 11 is 0. The van der Waals surface area contributed by atoms with Crippen molar-refractivity contribution in [2.45, 2.75) is 62.9 Å². The van der Waals surface area contributed by atoms with Crippen LogP contribution in [0.25, 0.3) is 0 Å². The molecule has 2 fully saturated rings.